The molecule has 0 amide bonds. The summed E-state index contributed by atoms with van der Waals surface area (Å²) in [6.45, 7) is 3.19. The fourth-order valence-corrected chi connectivity index (χ4v) is 1.51. The Balaban J connectivity index is 2.30. The van der Waals surface area contributed by atoms with Crippen molar-refractivity contribution >= 4 is 0 Å². The minimum atomic E-state index is 0.255. The van der Waals surface area contributed by atoms with Gasteiger partial charge in [0.1, 0.15) is 0 Å². The largest absolute Gasteiger partial charge is 0.396 e. The molecule has 0 spiro atoms. The average molecular weight is 158 g/mol. The Labute approximate surface area is 68.6 Å². The standard InChI is InChI=1S/C9H18O2/c1-8(7-10)9-5-3-2-4-6-11-9/h8-10H,2-7H2,1H3. The van der Waals surface area contributed by atoms with E-state index in [1.54, 1.807) is 0 Å². The number of aliphatic hydroxyl groups excluding tert-OH is 1. The maximum absolute atomic E-state index is 8.90. The van der Waals surface area contributed by atoms with Crippen LogP contribution >= 0.6 is 0 Å². The first kappa shape index (κ1) is 9.01. The average Bonchev–Trinajstić information content (AvgIpc) is 2.30. The highest BCUT2D eigenvalue weighted by molar-refractivity contribution is 4.68. The van der Waals surface area contributed by atoms with Crippen molar-refractivity contribution < 1.29 is 9.84 Å². The van der Waals surface area contributed by atoms with Crippen LogP contribution < -0.4 is 0 Å². The molecule has 0 aliphatic carbocycles. The second kappa shape index (κ2) is 4.73. The van der Waals surface area contributed by atoms with Gasteiger partial charge in [-0.1, -0.05) is 19.8 Å². The van der Waals surface area contributed by atoms with Crippen LogP contribution in [-0.2, 0) is 4.74 Å². The van der Waals surface area contributed by atoms with Gasteiger partial charge in [0.15, 0.2) is 0 Å². The topological polar surface area (TPSA) is 29.5 Å². The van der Waals surface area contributed by atoms with E-state index in [1.807, 2.05) is 0 Å². The molecule has 0 radical (unpaired) electrons. The van der Waals surface area contributed by atoms with E-state index in [0.717, 1.165) is 13.0 Å². The van der Waals surface area contributed by atoms with Gasteiger partial charge in [-0.25, -0.2) is 0 Å². The van der Waals surface area contributed by atoms with Gasteiger partial charge >= 0.3 is 0 Å². The molecule has 1 rings (SSSR count). The molecule has 1 fully saturated rings. The molecule has 1 heterocycles. The van der Waals surface area contributed by atoms with Crippen LogP contribution in [0.1, 0.15) is 32.6 Å². The molecule has 2 heteroatoms. The Morgan fingerprint density at radius 2 is 2.27 bits per heavy atom. The Kier molecular flexibility index (Phi) is 3.87. The molecule has 2 unspecified atom stereocenters. The van der Waals surface area contributed by atoms with Crippen LogP contribution in [0.15, 0.2) is 0 Å². The maximum Gasteiger partial charge on any atom is 0.0622 e. The molecule has 2 atom stereocenters. The van der Waals surface area contributed by atoms with Crippen molar-refractivity contribution in [3.8, 4) is 0 Å². The predicted octanol–water partition coefficient (Wildman–Crippen LogP) is 1.57. The summed E-state index contributed by atoms with van der Waals surface area (Å²) in [6, 6.07) is 0. The van der Waals surface area contributed by atoms with Gasteiger partial charge in [0, 0.05) is 19.1 Å². The van der Waals surface area contributed by atoms with Crippen LogP contribution in [0.2, 0.25) is 0 Å². The highest BCUT2D eigenvalue weighted by Crippen LogP contribution is 2.18. The van der Waals surface area contributed by atoms with Crippen molar-refractivity contribution in [2.45, 2.75) is 38.7 Å². The van der Waals surface area contributed by atoms with Crippen LogP contribution in [0.5, 0.6) is 0 Å². The van der Waals surface area contributed by atoms with E-state index >= 15 is 0 Å². The first-order valence-corrected chi connectivity index (χ1v) is 4.57. The fraction of sp³-hybridized carbons (Fsp3) is 1.00. The fourth-order valence-electron chi connectivity index (χ4n) is 1.51. The van der Waals surface area contributed by atoms with Gasteiger partial charge in [-0.2, -0.15) is 0 Å². The Morgan fingerprint density at radius 3 is 3.00 bits per heavy atom. The first-order valence-electron chi connectivity index (χ1n) is 4.57. The minimum Gasteiger partial charge on any atom is -0.396 e. The summed E-state index contributed by atoms with van der Waals surface area (Å²) < 4.78 is 5.60. The summed E-state index contributed by atoms with van der Waals surface area (Å²) in [5.41, 5.74) is 0. The minimum absolute atomic E-state index is 0.255. The normalized spacial score (nSPS) is 29.5. The van der Waals surface area contributed by atoms with Gasteiger partial charge in [0.25, 0.3) is 0 Å². The maximum atomic E-state index is 8.90. The molecule has 0 aromatic rings. The van der Waals surface area contributed by atoms with Crippen molar-refractivity contribution in [3.63, 3.8) is 0 Å². The molecule has 1 saturated heterocycles. The lowest BCUT2D eigenvalue weighted by Gasteiger charge is -2.20. The van der Waals surface area contributed by atoms with Gasteiger partial charge in [-0.05, 0) is 12.8 Å². The molecule has 1 aliphatic rings. The Hall–Kier alpha value is -0.0800. The lowest BCUT2D eigenvalue weighted by atomic mass is 10.0. The van der Waals surface area contributed by atoms with Gasteiger partial charge in [-0.15, -0.1) is 0 Å². The highest BCUT2D eigenvalue weighted by atomic mass is 16.5. The number of ether oxygens (including phenoxy) is 1. The Bertz CT molecular complexity index is 95.7. The van der Waals surface area contributed by atoms with E-state index in [0.29, 0.717) is 12.0 Å². The summed E-state index contributed by atoms with van der Waals surface area (Å²) in [7, 11) is 0. The van der Waals surface area contributed by atoms with Gasteiger partial charge in [-0.3, -0.25) is 0 Å². The Morgan fingerprint density at radius 1 is 1.45 bits per heavy atom. The molecular weight excluding hydrogens is 140 g/mol. The highest BCUT2D eigenvalue weighted by Gasteiger charge is 2.18. The number of hydrogen-bond acceptors (Lipinski definition) is 2. The molecule has 1 N–H and O–H groups in total. The van der Waals surface area contributed by atoms with Crippen molar-refractivity contribution in [2.24, 2.45) is 5.92 Å². The molecule has 1 aliphatic heterocycles. The third-order valence-electron chi connectivity index (χ3n) is 2.39. The van der Waals surface area contributed by atoms with Crippen LogP contribution in [-0.4, -0.2) is 24.4 Å². The summed E-state index contributed by atoms with van der Waals surface area (Å²) in [4.78, 5) is 0. The molecule has 0 bridgehead atoms. The zero-order chi connectivity index (χ0) is 8.10. The molecule has 2 nitrogen and oxygen atoms in total. The third-order valence-corrected chi connectivity index (χ3v) is 2.39. The third kappa shape index (κ3) is 2.80. The van der Waals surface area contributed by atoms with Crippen molar-refractivity contribution in [2.75, 3.05) is 13.2 Å². The van der Waals surface area contributed by atoms with Crippen LogP contribution in [0, 0.1) is 5.92 Å². The van der Waals surface area contributed by atoms with Gasteiger partial charge in [0.05, 0.1) is 6.10 Å². The van der Waals surface area contributed by atoms with E-state index in [4.69, 9.17) is 9.84 Å². The molecule has 11 heavy (non-hydrogen) atoms. The van der Waals surface area contributed by atoms with E-state index in [2.05, 4.69) is 6.92 Å². The summed E-state index contributed by atoms with van der Waals surface area (Å²) in [5, 5.41) is 8.90. The smallest absolute Gasteiger partial charge is 0.0622 e. The number of aliphatic hydroxyl groups is 1. The monoisotopic (exact) mass is 158 g/mol. The zero-order valence-electron chi connectivity index (χ0n) is 7.25. The van der Waals surface area contributed by atoms with E-state index in [9.17, 15) is 0 Å². The van der Waals surface area contributed by atoms with E-state index in [-0.39, 0.29) is 6.61 Å². The van der Waals surface area contributed by atoms with Crippen LogP contribution in [0.25, 0.3) is 0 Å². The van der Waals surface area contributed by atoms with Crippen molar-refractivity contribution in [1.82, 2.24) is 0 Å². The zero-order valence-corrected chi connectivity index (χ0v) is 7.25. The molecule has 0 aromatic carbocycles. The van der Waals surface area contributed by atoms with E-state index < -0.39 is 0 Å². The lowest BCUT2D eigenvalue weighted by molar-refractivity contribution is 0.00385. The van der Waals surface area contributed by atoms with Crippen LogP contribution in [0.4, 0.5) is 0 Å². The molecule has 66 valence electrons. The number of hydrogen-bond donors (Lipinski definition) is 1. The van der Waals surface area contributed by atoms with Crippen molar-refractivity contribution in [3.05, 3.63) is 0 Å². The first-order chi connectivity index (χ1) is 5.34. The molecule has 0 saturated carbocycles. The molecular formula is C9H18O2. The quantitative estimate of drug-likeness (QED) is 0.661. The van der Waals surface area contributed by atoms with Crippen LogP contribution in [0.3, 0.4) is 0 Å². The SMILES string of the molecule is CC(CO)C1CCCCCO1. The second-order valence-corrected chi connectivity index (χ2v) is 3.42. The second-order valence-electron chi connectivity index (χ2n) is 3.42. The van der Waals surface area contributed by atoms with E-state index in [1.165, 1.54) is 19.3 Å². The predicted molar refractivity (Wildman–Crippen MR) is 44.5 cm³/mol. The summed E-state index contributed by atoms with van der Waals surface area (Å²) in [6.07, 6.45) is 5.17. The van der Waals surface area contributed by atoms with Gasteiger partial charge < -0.3 is 9.84 Å². The summed E-state index contributed by atoms with van der Waals surface area (Å²) >= 11 is 0. The van der Waals surface area contributed by atoms with Crippen molar-refractivity contribution in [1.29, 1.82) is 0 Å². The lowest BCUT2D eigenvalue weighted by Crippen LogP contribution is -2.23. The summed E-state index contributed by atoms with van der Waals surface area (Å²) in [5.74, 6) is 0.313. The van der Waals surface area contributed by atoms with Gasteiger partial charge in [0.2, 0.25) is 0 Å². The molecule has 0 aromatic heterocycles. The number of rotatable bonds is 2.